The molecule has 1 amide bonds. The topological polar surface area (TPSA) is 80.5 Å². The maximum atomic E-state index is 15.8. The number of piperidine rings is 1. The van der Waals surface area contributed by atoms with E-state index < -0.39 is 23.1 Å². The van der Waals surface area contributed by atoms with Gasteiger partial charge in [0.2, 0.25) is 0 Å². The molecular weight excluding hydrogens is 407 g/mol. The standard InChI is InChI=1S/C22H28ClFN4O2/c23-18-14-28(13-15-6-11-30-12-7-15)10-8-22(18,24)21(25)27-20(29)17-5-1-3-16-4-2-9-26-19(16)17/h1-5,9,15,18,21H,6-8,10-14,25H2,(H,27,29). The molecule has 3 N–H and O–H groups in total. The van der Waals surface area contributed by atoms with Crippen molar-refractivity contribution in [1.29, 1.82) is 0 Å². The Hall–Kier alpha value is -1.80. The molecular formula is C22H28ClFN4O2. The van der Waals surface area contributed by atoms with Gasteiger partial charge in [-0.2, -0.15) is 0 Å². The van der Waals surface area contributed by atoms with Gasteiger partial charge in [0.15, 0.2) is 5.67 Å². The highest BCUT2D eigenvalue weighted by atomic mass is 35.5. The minimum atomic E-state index is -1.87. The van der Waals surface area contributed by atoms with E-state index in [-0.39, 0.29) is 6.42 Å². The number of pyridine rings is 1. The Bertz CT molecular complexity index is 889. The summed E-state index contributed by atoms with van der Waals surface area (Å²) in [5, 5.41) is 2.67. The van der Waals surface area contributed by atoms with E-state index in [9.17, 15) is 4.79 Å². The Morgan fingerprint density at radius 1 is 1.37 bits per heavy atom. The zero-order valence-electron chi connectivity index (χ0n) is 16.9. The van der Waals surface area contributed by atoms with Gasteiger partial charge in [-0.25, -0.2) is 4.39 Å². The summed E-state index contributed by atoms with van der Waals surface area (Å²) in [6.07, 6.45) is 2.66. The highest BCUT2D eigenvalue weighted by molar-refractivity contribution is 6.21. The van der Waals surface area contributed by atoms with Crippen molar-refractivity contribution >= 4 is 28.4 Å². The summed E-state index contributed by atoms with van der Waals surface area (Å²) in [4.78, 5) is 19.3. The summed E-state index contributed by atoms with van der Waals surface area (Å²) >= 11 is 6.47. The number of fused-ring (bicyclic) bond motifs is 1. The van der Waals surface area contributed by atoms with Gasteiger partial charge in [-0.05, 0) is 37.3 Å². The summed E-state index contributed by atoms with van der Waals surface area (Å²) in [6, 6.07) is 8.99. The third-order valence-electron chi connectivity index (χ3n) is 6.29. The third-order valence-corrected chi connectivity index (χ3v) is 6.79. The van der Waals surface area contributed by atoms with Crippen LogP contribution >= 0.6 is 11.6 Å². The zero-order chi connectivity index (χ0) is 21.1. The Morgan fingerprint density at radius 2 is 2.13 bits per heavy atom. The summed E-state index contributed by atoms with van der Waals surface area (Å²) in [5.41, 5.74) is 5.20. The first-order chi connectivity index (χ1) is 14.5. The van der Waals surface area contributed by atoms with E-state index >= 15 is 4.39 Å². The van der Waals surface area contributed by atoms with E-state index in [0.717, 1.165) is 38.0 Å². The lowest BCUT2D eigenvalue weighted by molar-refractivity contribution is 0.0108. The number of nitrogens with zero attached hydrogens (tertiary/aromatic N) is 2. The molecule has 2 aliphatic rings. The molecule has 2 aromatic rings. The number of hydrogen-bond acceptors (Lipinski definition) is 5. The van der Waals surface area contributed by atoms with E-state index in [4.69, 9.17) is 22.1 Å². The second-order valence-corrected chi connectivity index (χ2v) is 8.82. The summed E-state index contributed by atoms with van der Waals surface area (Å²) in [6.45, 7) is 3.45. The molecule has 0 spiro atoms. The summed E-state index contributed by atoms with van der Waals surface area (Å²) in [5.74, 6) is 0.110. The molecule has 8 heteroatoms. The van der Waals surface area contributed by atoms with E-state index in [1.807, 2.05) is 12.1 Å². The molecule has 162 valence electrons. The van der Waals surface area contributed by atoms with E-state index in [0.29, 0.717) is 30.1 Å². The van der Waals surface area contributed by atoms with Crippen molar-refractivity contribution in [2.45, 2.75) is 36.5 Å². The molecule has 3 unspecified atom stereocenters. The van der Waals surface area contributed by atoms with Crippen LogP contribution in [0.15, 0.2) is 36.5 Å². The number of halogens is 2. The molecule has 1 aromatic heterocycles. The first kappa shape index (κ1) is 21.4. The van der Waals surface area contributed by atoms with Crippen LogP contribution in [0.2, 0.25) is 0 Å². The van der Waals surface area contributed by atoms with Crippen LogP contribution in [-0.2, 0) is 4.74 Å². The number of carbonyl (C=O) groups is 1. The molecule has 2 aliphatic heterocycles. The molecule has 3 atom stereocenters. The highest BCUT2D eigenvalue weighted by Crippen LogP contribution is 2.33. The van der Waals surface area contributed by atoms with Gasteiger partial charge in [0.25, 0.3) is 5.91 Å². The Kier molecular flexibility index (Phi) is 6.53. The van der Waals surface area contributed by atoms with Gasteiger partial charge < -0.3 is 20.7 Å². The van der Waals surface area contributed by atoms with Gasteiger partial charge in [-0.3, -0.25) is 9.78 Å². The average Bonchev–Trinajstić information content (AvgIpc) is 2.76. The minimum absolute atomic E-state index is 0.180. The number of para-hydroxylation sites is 1. The molecule has 4 rings (SSSR count). The molecule has 0 aliphatic carbocycles. The second kappa shape index (κ2) is 9.14. The second-order valence-electron chi connectivity index (χ2n) is 8.29. The molecule has 3 heterocycles. The van der Waals surface area contributed by atoms with Crippen LogP contribution in [0.3, 0.4) is 0 Å². The molecule has 30 heavy (non-hydrogen) atoms. The third kappa shape index (κ3) is 4.44. The normalized spacial score (nSPS) is 27.1. The lowest BCUT2D eigenvalue weighted by Crippen LogP contribution is -2.65. The highest BCUT2D eigenvalue weighted by Gasteiger charge is 2.48. The van der Waals surface area contributed by atoms with Gasteiger partial charge in [0.1, 0.15) is 6.17 Å². The van der Waals surface area contributed by atoms with E-state index in [1.54, 1.807) is 24.4 Å². The van der Waals surface area contributed by atoms with Crippen molar-refractivity contribution in [3.05, 3.63) is 42.1 Å². The maximum absolute atomic E-state index is 15.8. The van der Waals surface area contributed by atoms with Crippen molar-refractivity contribution < 1.29 is 13.9 Å². The SMILES string of the molecule is NC(NC(=O)c1cccc2cccnc12)C1(F)CCN(CC2CCOCC2)CC1Cl. The molecule has 0 radical (unpaired) electrons. The lowest BCUT2D eigenvalue weighted by atomic mass is 9.88. The number of hydrogen-bond donors (Lipinski definition) is 2. The summed E-state index contributed by atoms with van der Waals surface area (Å²) < 4.78 is 21.2. The molecule has 1 aromatic carbocycles. The predicted molar refractivity (Wildman–Crippen MR) is 115 cm³/mol. The Labute approximate surface area is 180 Å². The smallest absolute Gasteiger partial charge is 0.254 e. The fraction of sp³-hybridized carbons (Fsp3) is 0.545. The average molecular weight is 435 g/mol. The number of carbonyl (C=O) groups excluding carboxylic acids is 1. The fourth-order valence-corrected chi connectivity index (χ4v) is 4.83. The van der Waals surface area contributed by atoms with Crippen LogP contribution in [0.25, 0.3) is 10.9 Å². The minimum Gasteiger partial charge on any atom is -0.381 e. The number of nitrogens with one attached hydrogen (secondary N) is 1. The molecule has 2 fully saturated rings. The van der Waals surface area contributed by atoms with Gasteiger partial charge in [0.05, 0.1) is 16.5 Å². The van der Waals surface area contributed by atoms with Crippen LogP contribution in [0.5, 0.6) is 0 Å². The van der Waals surface area contributed by atoms with Crippen LogP contribution in [0.1, 0.15) is 29.6 Å². The fourth-order valence-electron chi connectivity index (χ4n) is 4.39. The van der Waals surface area contributed by atoms with Crippen molar-refractivity contribution in [3.8, 4) is 0 Å². The number of alkyl halides is 2. The number of aromatic nitrogens is 1. The zero-order valence-corrected chi connectivity index (χ0v) is 17.7. The predicted octanol–water partition coefficient (Wildman–Crippen LogP) is 2.70. The number of likely N-dealkylation sites (tertiary alicyclic amines) is 1. The number of amides is 1. The number of benzene rings is 1. The van der Waals surface area contributed by atoms with Gasteiger partial charge in [-0.1, -0.05) is 18.2 Å². The molecule has 6 nitrogen and oxygen atoms in total. The van der Waals surface area contributed by atoms with Gasteiger partial charge >= 0.3 is 0 Å². The summed E-state index contributed by atoms with van der Waals surface area (Å²) in [7, 11) is 0. The molecule has 2 saturated heterocycles. The first-order valence-electron chi connectivity index (χ1n) is 10.5. The number of ether oxygens (including phenoxy) is 1. The quantitative estimate of drug-likeness (QED) is 0.558. The van der Waals surface area contributed by atoms with Crippen molar-refractivity contribution in [1.82, 2.24) is 15.2 Å². The van der Waals surface area contributed by atoms with Crippen LogP contribution in [0.4, 0.5) is 4.39 Å². The molecule has 0 saturated carbocycles. The lowest BCUT2D eigenvalue weighted by Gasteiger charge is -2.44. The van der Waals surface area contributed by atoms with E-state index in [2.05, 4.69) is 15.2 Å². The number of rotatable bonds is 5. The first-order valence-corrected chi connectivity index (χ1v) is 10.9. The molecule has 0 bridgehead atoms. The Balaban J connectivity index is 1.40. The van der Waals surface area contributed by atoms with Crippen LogP contribution in [-0.4, -0.2) is 65.9 Å². The van der Waals surface area contributed by atoms with Gasteiger partial charge in [-0.15, -0.1) is 11.6 Å². The van der Waals surface area contributed by atoms with E-state index in [1.165, 1.54) is 0 Å². The van der Waals surface area contributed by atoms with Crippen molar-refractivity contribution in [2.24, 2.45) is 11.7 Å². The van der Waals surface area contributed by atoms with Crippen LogP contribution in [0, 0.1) is 5.92 Å². The van der Waals surface area contributed by atoms with Gasteiger partial charge in [0, 0.05) is 44.4 Å². The Morgan fingerprint density at radius 3 is 2.90 bits per heavy atom. The van der Waals surface area contributed by atoms with Crippen molar-refractivity contribution in [2.75, 3.05) is 32.8 Å². The number of nitrogens with two attached hydrogens (primary N) is 1. The largest absolute Gasteiger partial charge is 0.381 e. The van der Waals surface area contributed by atoms with Crippen molar-refractivity contribution in [3.63, 3.8) is 0 Å². The van der Waals surface area contributed by atoms with Crippen LogP contribution < -0.4 is 11.1 Å². The monoisotopic (exact) mass is 434 g/mol. The maximum Gasteiger partial charge on any atom is 0.254 e.